The Morgan fingerprint density at radius 2 is 1.64 bits per heavy atom. The molecule has 0 aliphatic carbocycles. The van der Waals surface area contributed by atoms with Crippen molar-refractivity contribution < 1.29 is 4.79 Å². The first-order chi connectivity index (χ1) is 10.5. The zero-order chi connectivity index (χ0) is 16.1. The predicted octanol–water partition coefficient (Wildman–Crippen LogP) is 5.03. The number of rotatable bonds is 5. The number of carbonyl (C=O) groups is 1. The summed E-state index contributed by atoms with van der Waals surface area (Å²) in [5, 5.41) is 3.76. The van der Waals surface area contributed by atoms with Gasteiger partial charge in [-0.05, 0) is 47.7 Å². The van der Waals surface area contributed by atoms with Crippen LogP contribution in [0.4, 0.5) is 0 Å². The highest BCUT2D eigenvalue weighted by Gasteiger charge is 2.19. The van der Waals surface area contributed by atoms with Gasteiger partial charge in [-0.1, -0.05) is 56.6 Å². The Morgan fingerprint density at radius 3 is 2.14 bits per heavy atom. The molecule has 22 heavy (non-hydrogen) atoms. The number of nitrogens with one attached hydrogen (secondary N) is 1. The zero-order valence-electron chi connectivity index (χ0n) is 13.3. The van der Waals surface area contributed by atoms with Crippen LogP contribution in [0, 0.1) is 5.92 Å². The minimum atomic E-state index is -0.0741. The molecule has 0 unspecified atom stereocenters. The van der Waals surface area contributed by atoms with Crippen LogP contribution in [0.5, 0.6) is 0 Å². The van der Waals surface area contributed by atoms with E-state index in [1.165, 1.54) is 5.56 Å². The highest BCUT2D eigenvalue weighted by molar-refractivity contribution is 6.30. The summed E-state index contributed by atoms with van der Waals surface area (Å²) < 4.78 is 0. The maximum Gasteiger partial charge on any atom is 0.251 e. The van der Waals surface area contributed by atoms with Crippen LogP contribution in [-0.4, -0.2) is 5.91 Å². The molecule has 3 heteroatoms. The van der Waals surface area contributed by atoms with E-state index in [0.29, 0.717) is 16.5 Å². The minimum Gasteiger partial charge on any atom is -0.345 e. The van der Waals surface area contributed by atoms with Crippen molar-refractivity contribution in [2.24, 2.45) is 5.92 Å². The molecule has 2 nitrogen and oxygen atoms in total. The zero-order valence-corrected chi connectivity index (χ0v) is 14.0. The molecule has 0 bridgehead atoms. The maximum absolute atomic E-state index is 12.4. The molecule has 0 saturated carbocycles. The SMILES string of the molecule is CCc1ccc([C@@H](NC(=O)c2ccc(Cl)cc2)C(C)C)cc1. The lowest BCUT2D eigenvalue weighted by molar-refractivity contribution is 0.0925. The van der Waals surface area contributed by atoms with Crippen molar-refractivity contribution in [3.63, 3.8) is 0 Å². The molecule has 0 saturated heterocycles. The Bertz CT molecular complexity index is 617. The third-order valence-corrected chi connectivity index (χ3v) is 4.06. The second-order valence-electron chi connectivity index (χ2n) is 5.80. The lowest BCUT2D eigenvalue weighted by Gasteiger charge is -2.23. The largest absolute Gasteiger partial charge is 0.345 e. The van der Waals surface area contributed by atoms with Crippen molar-refractivity contribution in [1.29, 1.82) is 0 Å². The first kappa shape index (κ1) is 16.6. The van der Waals surface area contributed by atoms with E-state index >= 15 is 0 Å². The van der Waals surface area contributed by atoms with Crippen molar-refractivity contribution in [3.05, 3.63) is 70.2 Å². The van der Waals surface area contributed by atoms with Gasteiger partial charge in [0.15, 0.2) is 0 Å². The number of carbonyl (C=O) groups excluding carboxylic acids is 1. The van der Waals surface area contributed by atoms with E-state index in [1.54, 1.807) is 24.3 Å². The van der Waals surface area contributed by atoms with Crippen molar-refractivity contribution in [2.75, 3.05) is 0 Å². The molecule has 2 rings (SSSR count). The van der Waals surface area contributed by atoms with Crippen molar-refractivity contribution in [3.8, 4) is 0 Å². The van der Waals surface area contributed by atoms with Crippen LogP contribution in [0.2, 0.25) is 5.02 Å². The van der Waals surface area contributed by atoms with Gasteiger partial charge in [-0.25, -0.2) is 0 Å². The number of amides is 1. The van der Waals surface area contributed by atoms with Crippen LogP contribution in [0.15, 0.2) is 48.5 Å². The maximum atomic E-state index is 12.4. The van der Waals surface area contributed by atoms with Crippen molar-refractivity contribution in [1.82, 2.24) is 5.32 Å². The molecular weight excluding hydrogens is 294 g/mol. The summed E-state index contributed by atoms with van der Waals surface area (Å²) in [5.74, 6) is 0.235. The average molecular weight is 316 g/mol. The van der Waals surface area contributed by atoms with E-state index in [-0.39, 0.29) is 11.9 Å². The van der Waals surface area contributed by atoms with E-state index in [2.05, 4.69) is 50.4 Å². The highest BCUT2D eigenvalue weighted by Crippen LogP contribution is 2.23. The Balaban J connectivity index is 2.17. The molecule has 2 aromatic rings. The number of halogens is 1. The molecule has 0 aliphatic heterocycles. The number of benzene rings is 2. The molecule has 2 aromatic carbocycles. The van der Waals surface area contributed by atoms with Gasteiger partial charge in [0.05, 0.1) is 6.04 Å². The summed E-state index contributed by atoms with van der Waals surface area (Å²) in [6.07, 6.45) is 1.02. The average Bonchev–Trinajstić information content (AvgIpc) is 2.53. The number of hydrogen-bond donors (Lipinski definition) is 1. The summed E-state index contributed by atoms with van der Waals surface area (Å²) in [5.41, 5.74) is 3.06. The molecule has 1 amide bonds. The predicted molar refractivity (Wildman–Crippen MR) is 92.3 cm³/mol. The first-order valence-corrected chi connectivity index (χ1v) is 8.04. The third kappa shape index (κ3) is 4.11. The van der Waals surface area contributed by atoms with Gasteiger partial charge in [0.1, 0.15) is 0 Å². The Labute approximate surface area is 137 Å². The van der Waals surface area contributed by atoms with Gasteiger partial charge in [0.25, 0.3) is 5.91 Å². The molecule has 1 N–H and O–H groups in total. The minimum absolute atomic E-state index is 0.00548. The van der Waals surface area contributed by atoms with Crippen molar-refractivity contribution >= 4 is 17.5 Å². The number of hydrogen-bond acceptors (Lipinski definition) is 1. The van der Waals surface area contributed by atoms with Crippen LogP contribution in [-0.2, 0) is 6.42 Å². The molecule has 0 heterocycles. The highest BCUT2D eigenvalue weighted by atomic mass is 35.5. The molecular formula is C19H22ClNO. The fourth-order valence-corrected chi connectivity index (χ4v) is 2.55. The van der Waals surface area contributed by atoms with E-state index in [1.807, 2.05) is 0 Å². The van der Waals surface area contributed by atoms with Crippen molar-refractivity contribution in [2.45, 2.75) is 33.2 Å². The topological polar surface area (TPSA) is 29.1 Å². The van der Waals surface area contributed by atoms with Gasteiger partial charge >= 0.3 is 0 Å². The fraction of sp³-hybridized carbons (Fsp3) is 0.316. The van der Waals surface area contributed by atoms with Gasteiger partial charge in [-0.15, -0.1) is 0 Å². The lowest BCUT2D eigenvalue weighted by atomic mass is 9.94. The standard InChI is InChI=1S/C19H22ClNO/c1-4-14-5-7-15(8-6-14)18(13(2)3)21-19(22)16-9-11-17(20)12-10-16/h5-13,18H,4H2,1-3H3,(H,21,22)/t18-/m0/s1. The van der Waals surface area contributed by atoms with E-state index in [4.69, 9.17) is 11.6 Å². The van der Waals surface area contributed by atoms with Gasteiger partial charge in [-0.3, -0.25) is 4.79 Å². The summed E-state index contributed by atoms with van der Waals surface area (Å²) in [4.78, 5) is 12.4. The van der Waals surface area contributed by atoms with Crippen LogP contribution < -0.4 is 5.32 Å². The van der Waals surface area contributed by atoms with Gasteiger partial charge in [0.2, 0.25) is 0 Å². The quantitative estimate of drug-likeness (QED) is 0.823. The van der Waals surface area contributed by atoms with Crippen LogP contribution in [0.1, 0.15) is 48.3 Å². The van der Waals surface area contributed by atoms with Crippen LogP contribution in [0.3, 0.4) is 0 Å². The van der Waals surface area contributed by atoms with Gasteiger partial charge in [0, 0.05) is 10.6 Å². The third-order valence-electron chi connectivity index (χ3n) is 3.81. The molecule has 0 aliphatic rings. The number of aryl methyl sites for hydroxylation is 1. The van der Waals surface area contributed by atoms with E-state index in [9.17, 15) is 4.79 Å². The van der Waals surface area contributed by atoms with Gasteiger partial charge < -0.3 is 5.32 Å². The molecule has 1 atom stereocenters. The van der Waals surface area contributed by atoms with Gasteiger partial charge in [-0.2, -0.15) is 0 Å². The smallest absolute Gasteiger partial charge is 0.251 e. The summed E-state index contributed by atoms with van der Waals surface area (Å²) in [6.45, 7) is 6.36. The summed E-state index contributed by atoms with van der Waals surface area (Å²) >= 11 is 5.87. The molecule has 0 spiro atoms. The van der Waals surface area contributed by atoms with Crippen LogP contribution in [0.25, 0.3) is 0 Å². The first-order valence-electron chi connectivity index (χ1n) is 7.66. The van der Waals surface area contributed by atoms with E-state index in [0.717, 1.165) is 12.0 Å². The Hall–Kier alpha value is -1.80. The second-order valence-corrected chi connectivity index (χ2v) is 6.23. The molecule has 116 valence electrons. The molecule has 0 fully saturated rings. The van der Waals surface area contributed by atoms with Crippen LogP contribution >= 0.6 is 11.6 Å². The van der Waals surface area contributed by atoms with E-state index < -0.39 is 0 Å². The normalized spacial score (nSPS) is 12.2. The molecule has 0 aromatic heterocycles. The Morgan fingerprint density at radius 1 is 1.05 bits per heavy atom. The second kappa shape index (κ2) is 7.46. The monoisotopic (exact) mass is 315 g/mol. The Kier molecular flexibility index (Phi) is 5.62. The lowest BCUT2D eigenvalue weighted by Crippen LogP contribution is -2.31. The fourth-order valence-electron chi connectivity index (χ4n) is 2.42. The summed E-state index contributed by atoms with van der Waals surface area (Å²) in [6, 6.07) is 15.4. The molecule has 0 radical (unpaired) electrons. The summed E-state index contributed by atoms with van der Waals surface area (Å²) in [7, 11) is 0.